The number of anilines is 1. The first-order valence-electron chi connectivity index (χ1n) is 10.3. The van der Waals surface area contributed by atoms with Crippen molar-refractivity contribution in [1.82, 2.24) is 20.3 Å². The fraction of sp³-hybridized carbons (Fsp3) is 0.261. The van der Waals surface area contributed by atoms with Crippen LogP contribution in [0.15, 0.2) is 42.9 Å². The van der Waals surface area contributed by atoms with Gasteiger partial charge in [0, 0.05) is 35.8 Å². The van der Waals surface area contributed by atoms with Gasteiger partial charge in [-0.25, -0.2) is 18.7 Å². The molecule has 0 bridgehead atoms. The predicted octanol–water partition coefficient (Wildman–Crippen LogP) is 4.94. The summed E-state index contributed by atoms with van der Waals surface area (Å²) in [6.07, 6.45) is 5.16. The zero-order valence-electron chi connectivity index (χ0n) is 16.4. The number of pyridine rings is 1. The second-order valence-corrected chi connectivity index (χ2v) is 8.54. The largest absolute Gasteiger partial charge is 0.369 e. The summed E-state index contributed by atoms with van der Waals surface area (Å²) in [7, 11) is 0. The number of aromatic nitrogens is 3. The van der Waals surface area contributed by atoms with Crippen molar-refractivity contribution in [2.75, 3.05) is 11.9 Å². The predicted molar refractivity (Wildman–Crippen MR) is 117 cm³/mol. The van der Waals surface area contributed by atoms with Gasteiger partial charge in [-0.15, -0.1) is 0 Å². The molecule has 2 N–H and O–H groups in total. The second kappa shape index (κ2) is 7.07. The lowest BCUT2D eigenvalue weighted by Gasteiger charge is -2.27. The second-order valence-electron chi connectivity index (χ2n) is 8.17. The van der Waals surface area contributed by atoms with Crippen LogP contribution in [0.4, 0.5) is 14.6 Å². The molecule has 1 saturated heterocycles. The van der Waals surface area contributed by atoms with Gasteiger partial charge in [-0.1, -0.05) is 35.9 Å². The molecule has 6 rings (SSSR count). The maximum absolute atomic E-state index is 15.5. The zero-order valence-corrected chi connectivity index (χ0v) is 17.1. The van der Waals surface area contributed by atoms with Crippen molar-refractivity contribution < 1.29 is 8.78 Å². The molecule has 3 atom stereocenters. The molecular weight excluding hydrogens is 420 g/mol. The van der Waals surface area contributed by atoms with Gasteiger partial charge in [-0.05, 0) is 30.2 Å². The van der Waals surface area contributed by atoms with Gasteiger partial charge in [-0.3, -0.25) is 4.98 Å². The van der Waals surface area contributed by atoms with Crippen molar-refractivity contribution in [3.63, 3.8) is 0 Å². The van der Waals surface area contributed by atoms with Crippen molar-refractivity contribution in [1.29, 1.82) is 0 Å². The number of nitrogens with zero attached hydrogens (tertiary/aromatic N) is 3. The average Bonchev–Trinajstić information content (AvgIpc) is 3.44. The number of rotatable bonds is 5. The average molecular weight is 438 g/mol. The fourth-order valence-electron chi connectivity index (χ4n) is 4.60. The van der Waals surface area contributed by atoms with Gasteiger partial charge in [0.15, 0.2) is 5.82 Å². The van der Waals surface area contributed by atoms with Gasteiger partial charge < -0.3 is 10.6 Å². The Bertz CT molecular complexity index is 1340. The number of benzene rings is 2. The van der Waals surface area contributed by atoms with Crippen LogP contribution in [0.2, 0.25) is 5.02 Å². The van der Waals surface area contributed by atoms with E-state index in [0.29, 0.717) is 33.6 Å². The molecule has 0 spiro atoms. The molecule has 5 nitrogen and oxygen atoms in total. The van der Waals surface area contributed by atoms with Gasteiger partial charge in [0.25, 0.3) is 0 Å². The molecule has 2 fully saturated rings. The van der Waals surface area contributed by atoms with Crippen LogP contribution in [0, 0.1) is 17.6 Å². The molecule has 31 heavy (non-hydrogen) atoms. The SMILES string of the molecule is Fc1ccc2cccc(-c3ncc4c(NCC[C@H]5NC6CC65)ncnc4c3F)c2c1Cl. The maximum Gasteiger partial charge on any atom is 0.175 e. The molecule has 0 amide bonds. The lowest BCUT2D eigenvalue weighted by atomic mass is 10.0. The van der Waals surface area contributed by atoms with Crippen LogP contribution in [-0.2, 0) is 0 Å². The summed E-state index contributed by atoms with van der Waals surface area (Å²) in [5, 5.41) is 8.39. The van der Waals surface area contributed by atoms with E-state index < -0.39 is 11.6 Å². The first kappa shape index (κ1) is 18.8. The molecule has 2 aromatic carbocycles. The zero-order chi connectivity index (χ0) is 21.1. The molecule has 2 aliphatic rings. The van der Waals surface area contributed by atoms with E-state index in [1.165, 1.54) is 18.8 Å². The highest BCUT2D eigenvalue weighted by molar-refractivity contribution is 6.36. The van der Waals surface area contributed by atoms with E-state index in [-0.39, 0.29) is 16.2 Å². The van der Waals surface area contributed by atoms with E-state index in [9.17, 15) is 4.39 Å². The topological polar surface area (TPSA) is 62.7 Å². The Balaban J connectivity index is 1.38. The number of hydrogen-bond acceptors (Lipinski definition) is 5. The summed E-state index contributed by atoms with van der Waals surface area (Å²) in [6.45, 7) is 0.731. The normalized spacial score (nSPS) is 21.7. The van der Waals surface area contributed by atoms with E-state index in [4.69, 9.17) is 11.6 Å². The van der Waals surface area contributed by atoms with Crippen LogP contribution in [0.3, 0.4) is 0 Å². The third-order valence-electron chi connectivity index (χ3n) is 6.35. The minimum Gasteiger partial charge on any atom is -0.369 e. The fourth-order valence-corrected chi connectivity index (χ4v) is 4.87. The molecule has 156 valence electrons. The van der Waals surface area contributed by atoms with Crippen LogP contribution >= 0.6 is 11.6 Å². The number of halogens is 3. The summed E-state index contributed by atoms with van der Waals surface area (Å²) in [6, 6.07) is 9.46. The number of hydrogen-bond donors (Lipinski definition) is 2. The molecular formula is C23H18ClF2N5. The van der Waals surface area contributed by atoms with Crippen LogP contribution in [0.1, 0.15) is 12.8 Å². The molecule has 0 radical (unpaired) electrons. The molecule has 8 heteroatoms. The highest BCUT2D eigenvalue weighted by atomic mass is 35.5. The van der Waals surface area contributed by atoms with E-state index in [0.717, 1.165) is 24.9 Å². The van der Waals surface area contributed by atoms with Gasteiger partial charge in [0.1, 0.15) is 29.2 Å². The van der Waals surface area contributed by atoms with Crippen molar-refractivity contribution >= 4 is 39.1 Å². The van der Waals surface area contributed by atoms with Crippen molar-refractivity contribution in [2.45, 2.75) is 24.9 Å². The lowest BCUT2D eigenvalue weighted by molar-refractivity contribution is 0.340. The molecule has 1 saturated carbocycles. The van der Waals surface area contributed by atoms with Crippen molar-refractivity contribution in [3.05, 3.63) is 59.5 Å². The number of fused-ring (bicyclic) bond motifs is 3. The Morgan fingerprint density at radius 1 is 1.13 bits per heavy atom. The first-order valence-corrected chi connectivity index (χ1v) is 10.7. The summed E-state index contributed by atoms with van der Waals surface area (Å²) in [5.74, 6) is 0.229. The van der Waals surface area contributed by atoms with E-state index in [1.807, 2.05) is 0 Å². The third kappa shape index (κ3) is 3.03. The van der Waals surface area contributed by atoms with Gasteiger partial charge >= 0.3 is 0 Å². The van der Waals surface area contributed by atoms with Crippen LogP contribution in [0.5, 0.6) is 0 Å². The Morgan fingerprint density at radius 3 is 2.84 bits per heavy atom. The quantitative estimate of drug-likeness (QED) is 0.463. The van der Waals surface area contributed by atoms with Crippen LogP contribution < -0.4 is 10.6 Å². The Labute approximate surface area is 181 Å². The molecule has 2 unspecified atom stereocenters. The standard InChI is InChI=1S/C23H18ClF2N5/c24-19-15(25)5-4-11-2-1-3-12(18(11)19)21-20(26)22-14(9-28-21)23(30-10-29-22)27-7-6-16-13-8-17(13)31-16/h1-5,9-10,13,16-17,31H,6-8H2,(H,27,29,30)/t13?,16-,17?/m1/s1. The van der Waals surface area contributed by atoms with Gasteiger partial charge in [-0.2, -0.15) is 0 Å². The van der Waals surface area contributed by atoms with Crippen LogP contribution in [0.25, 0.3) is 32.9 Å². The lowest BCUT2D eigenvalue weighted by Crippen LogP contribution is -2.45. The molecule has 4 aromatic rings. The molecule has 1 aliphatic heterocycles. The number of nitrogens with one attached hydrogen (secondary N) is 2. The highest BCUT2D eigenvalue weighted by Gasteiger charge is 2.52. The highest BCUT2D eigenvalue weighted by Crippen LogP contribution is 2.44. The van der Waals surface area contributed by atoms with Crippen molar-refractivity contribution in [2.24, 2.45) is 5.92 Å². The summed E-state index contributed by atoms with van der Waals surface area (Å²) in [5.41, 5.74) is 0.661. The van der Waals surface area contributed by atoms with E-state index in [1.54, 1.807) is 30.5 Å². The van der Waals surface area contributed by atoms with Crippen molar-refractivity contribution in [3.8, 4) is 11.3 Å². The van der Waals surface area contributed by atoms with Gasteiger partial charge in [0.2, 0.25) is 0 Å². The Hall–Kier alpha value is -2.90. The Morgan fingerprint density at radius 2 is 2.03 bits per heavy atom. The Kier molecular flexibility index (Phi) is 4.30. The van der Waals surface area contributed by atoms with E-state index >= 15 is 4.39 Å². The molecule has 3 heterocycles. The van der Waals surface area contributed by atoms with Crippen LogP contribution in [-0.4, -0.2) is 33.6 Å². The molecule has 2 aromatic heterocycles. The van der Waals surface area contributed by atoms with Gasteiger partial charge in [0.05, 0.1) is 10.4 Å². The summed E-state index contributed by atoms with van der Waals surface area (Å²) in [4.78, 5) is 12.8. The minimum absolute atomic E-state index is 0.0538. The third-order valence-corrected chi connectivity index (χ3v) is 6.71. The molecule has 1 aliphatic carbocycles. The first-order chi connectivity index (χ1) is 15.1. The monoisotopic (exact) mass is 437 g/mol. The summed E-state index contributed by atoms with van der Waals surface area (Å²) < 4.78 is 29.6. The smallest absolute Gasteiger partial charge is 0.175 e. The maximum atomic E-state index is 15.5. The van der Waals surface area contributed by atoms with E-state index in [2.05, 4.69) is 25.6 Å². The minimum atomic E-state index is -0.586. The summed E-state index contributed by atoms with van der Waals surface area (Å²) >= 11 is 6.22.